The fourth-order valence-corrected chi connectivity index (χ4v) is 2.11. The summed E-state index contributed by atoms with van der Waals surface area (Å²) in [6.07, 6.45) is 3.47. The smallest absolute Gasteiger partial charge is 0.123 e. The largest absolute Gasteiger partial charge is 0.494 e. The van der Waals surface area contributed by atoms with E-state index in [4.69, 9.17) is 9.84 Å². The molecule has 0 atom stereocenters. The number of aliphatic hydroxyl groups is 1. The summed E-state index contributed by atoms with van der Waals surface area (Å²) < 4.78 is 5.55. The Morgan fingerprint density at radius 1 is 1.18 bits per heavy atom. The molecule has 0 aliphatic rings. The van der Waals surface area contributed by atoms with Crippen molar-refractivity contribution in [1.29, 1.82) is 0 Å². The molecule has 0 saturated carbocycles. The zero-order valence-corrected chi connectivity index (χ0v) is 10.3. The van der Waals surface area contributed by atoms with Crippen molar-refractivity contribution in [3.8, 4) is 16.3 Å². The molecule has 4 heteroatoms. The molecular weight excluding hydrogens is 234 g/mol. The van der Waals surface area contributed by atoms with E-state index in [-0.39, 0.29) is 6.61 Å². The van der Waals surface area contributed by atoms with Gasteiger partial charge in [0.05, 0.1) is 6.61 Å². The van der Waals surface area contributed by atoms with Crippen LogP contribution in [0.4, 0.5) is 0 Å². The average Bonchev–Trinajstić information content (AvgIpc) is 2.89. The zero-order valence-electron chi connectivity index (χ0n) is 9.50. The van der Waals surface area contributed by atoms with Crippen LogP contribution in [0.2, 0.25) is 0 Å². The molecule has 0 radical (unpaired) electrons. The molecule has 0 aliphatic heterocycles. The Bertz CT molecular complexity index is 425. The number of thiazole rings is 1. The quantitative estimate of drug-likeness (QED) is 0.800. The van der Waals surface area contributed by atoms with E-state index in [9.17, 15) is 0 Å². The Morgan fingerprint density at radius 2 is 2.00 bits per heavy atom. The Kier molecular flexibility index (Phi) is 4.53. The third-order valence-corrected chi connectivity index (χ3v) is 3.18. The maximum atomic E-state index is 8.64. The van der Waals surface area contributed by atoms with Gasteiger partial charge in [0.2, 0.25) is 0 Å². The molecule has 1 aromatic carbocycles. The highest BCUT2D eigenvalue weighted by Crippen LogP contribution is 2.23. The molecular formula is C13H15NO2S. The lowest BCUT2D eigenvalue weighted by Crippen LogP contribution is -1.98. The fourth-order valence-electron chi connectivity index (χ4n) is 1.46. The molecule has 0 aliphatic carbocycles. The Hall–Kier alpha value is -1.39. The molecule has 3 nitrogen and oxygen atoms in total. The van der Waals surface area contributed by atoms with E-state index in [1.165, 1.54) is 0 Å². The van der Waals surface area contributed by atoms with Gasteiger partial charge >= 0.3 is 0 Å². The SMILES string of the molecule is OCCCCOc1ccc(-c2nccs2)cc1. The first-order valence-corrected chi connectivity index (χ1v) is 6.52. The highest BCUT2D eigenvalue weighted by Gasteiger charge is 2.00. The van der Waals surface area contributed by atoms with Gasteiger partial charge in [-0.1, -0.05) is 0 Å². The number of rotatable bonds is 6. The van der Waals surface area contributed by atoms with E-state index in [0.717, 1.165) is 29.2 Å². The van der Waals surface area contributed by atoms with Crippen molar-refractivity contribution in [3.05, 3.63) is 35.8 Å². The molecule has 0 fully saturated rings. The van der Waals surface area contributed by atoms with Crippen molar-refractivity contribution >= 4 is 11.3 Å². The maximum Gasteiger partial charge on any atom is 0.123 e. The van der Waals surface area contributed by atoms with Crippen LogP contribution in [0.1, 0.15) is 12.8 Å². The van der Waals surface area contributed by atoms with Crippen LogP contribution in [0.5, 0.6) is 5.75 Å². The van der Waals surface area contributed by atoms with Crippen molar-refractivity contribution in [2.75, 3.05) is 13.2 Å². The minimum Gasteiger partial charge on any atom is -0.494 e. The molecule has 1 N–H and O–H groups in total. The number of hydrogen-bond acceptors (Lipinski definition) is 4. The molecule has 1 heterocycles. The highest BCUT2D eigenvalue weighted by atomic mass is 32.1. The number of ether oxygens (including phenoxy) is 1. The van der Waals surface area contributed by atoms with Crippen LogP contribution in [0.3, 0.4) is 0 Å². The van der Waals surface area contributed by atoms with E-state index in [2.05, 4.69) is 4.98 Å². The standard InChI is InChI=1S/C13H15NO2S/c15-8-1-2-9-16-12-5-3-11(4-6-12)13-14-7-10-17-13/h3-7,10,15H,1-2,8-9H2. The molecule has 0 spiro atoms. The van der Waals surface area contributed by atoms with Gasteiger partial charge in [-0.15, -0.1) is 11.3 Å². The molecule has 0 bridgehead atoms. The van der Waals surface area contributed by atoms with Gasteiger partial charge in [-0.3, -0.25) is 0 Å². The summed E-state index contributed by atoms with van der Waals surface area (Å²) in [4.78, 5) is 4.25. The Balaban J connectivity index is 1.90. The molecule has 0 saturated heterocycles. The third kappa shape index (κ3) is 3.54. The topological polar surface area (TPSA) is 42.4 Å². The number of aliphatic hydroxyl groups excluding tert-OH is 1. The van der Waals surface area contributed by atoms with E-state index in [1.807, 2.05) is 29.6 Å². The molecule has 2 rings (SSSR count). The number of aromatic nitrogens is 1. The highest BCUT2D eigenvalue weighted by molar-refractivity contribution is 7.13. The molecule has 0 amide bonds. The first-order chi connectivity index (χ1) is 8.40. The van der Waals surface area contributed by atoms with E-state index < -0.39 is 0 Å². The maximum absolute atomic E-state index is 8.64. The van der Waals surface area contributed by atoms with Gasteiger partial charge < -0.3 is 9.84 Å². The Labute approximate surface area is 105 Å². The molecule has 1 aromatic heterocycles. The first-order valence-electron chi connectivity index (χ1n) is 5.64. The zero-order chi connectivity index (χ0) is 11.9. The van der Waals surface area contributed by atoms with Crippen LogP contribution in [0, 0.1) is 0 Å². The number of nitrogens with zero attached hydrogens (tertiary/aromatic N) is 1. The van der Waals surface area contributed by atoms with Crippen LogP contribution in [0.15, 0.2) is 35.8 Å². The predicted molar refractivity (Wildman–Crippen MR) is 69.4 cm³/mol. The summed E-state index contributed by atoms with van der Waals surface area (Å²) in [7, 11) is 0. The van der Waals surface area contributed by atoms with E-state index >= 15 is 0 Å². The van der Waals surface area contributed by atoms with Crippen molar-refractivity contribution < 1.29 is 9.84 Å². The normalized spacial score (nSPS) is 10.4. The lowest BCUT2D eigenvalue weighted by molar-refractivity contribution is 0.253. The molecule has 0 unspecified atom stereocenters. The van der Waals surface area contributed by atoms with Gasteiger partial charge in [-0.25, -0.2) is 4.98 Å². The Morgan fingerprint density at radius 3 is 2.65 bits per heavy atom. The van der Waals surface area contributed by atoms with Crippen molar-refractivity contribution in [2.45, 2.75) is 12.8 Å². The summed E-state index contributed by atoms with van der Waals surface area (Å²) >= 11 is 1.63. The monoisotopic (exact) mass is 249 g/mol. The van der Waals surface area contributed by atoms with Gasteiger partial charge in [-0.2, -0.15) is 0 Å². The third-order valence-electron chi connectivity index (χ3n) is 2.35. The second-order valence-corrected chi connectivity index (χ2v) is 4.54. The van der Waals surface area contributed by atoms with Crippen molar-refractivity contribution in [2.24, 2.45) is 0 Å². The number of unbranched alkanes of at least 4 members (excludes halogenated alkanes) is 1. The van der Waals surface area contributed by atoms with Gasteiger partial charge in [0.1, 0.15) is 10.8 Å². The summed E-state index contributed by atoms with van der Waals surface area (Å²) in [6, 6.07) is 7.94. The first kappa shape index (κ1) is 12.1. The fraction of sp³-hybridized carbons (Fsp3) is 0.308. The van der Waals surface area contributed by atoms with Crippen LogP contribution in [-0.2, 0) is 0 Å². The molecule has 2 aromatic rings. The van der Waals surface area contributed by atoms with E-state index in [1.54, 1.807) is 17.5 Å². The van der Waals surface area contributed by atoms with Gasteiger partial charge in [0.15, 0.2) is 0 Å². The summed E-state index contributed by atoms with van der Waals surface area (Å²) in [5.41, 5.74) is 1.11. The average molecular weight is 249 g/mol. The van der Waals surface area contributed by atoms with Crippen LogP contribution in [-0.4, -0.2) is 23.3 Å². The lowest BCUT2D eigenvalue weighted by Gasteiger charge is -2.05. The van der Waals surface area contributed by atoms with Crippen LogP contribution in [0.25, 0.3) is 10.6 Å². The minimum atomic E-state index is 0.229. The number of benzene rings is 1. The van der Waals surface area contributed by atoms with Gasteiger partial charge in [0.25, 0.3) is 0 Å². The van der Waals surface area contributed by atoms with Gasteiger partial charge in [0, 0.05) is 23.7 Å². The van der Waals surface area contributed by atoms with Crippen LogP contribution >= 0.6 is 11.3 Å². The van der Waals surface area contributed by atoms with Crippen molar-refractivity contribution in [3.63, 3.8) is 0 Å². The second kappa shape index (κ2) is 6.37. The summed E-state index contributed by atoms with van der Waals surface area (Å²) in [5.74, 6) is 0.864. The predicted octanol–water partition coefficient (Wildman–Crippen LogP) is 2.96. The number of hydrogen-bond donors (Lipinski definition) is 1. The molecule has 17 heavy (non-hydrogen) atoms. The van der Waals surface area contributed by atoms with Crippen molar-refractivity contribution in [1.82, 2.24) is 4.98 Å². The van der Waals surface area contributed by atoms with E-state index in [0.29, 0.717) is 6.61 Å². The second-order valence-electron chi connectivity index (χ2n) is 3.64. The molecule has 90 valence electrons. The summed E-state index contributed by atoms with van der Waals surface area (Å²) in [6.45, 7) is 0.878. The van der Waals surface area contributed by atoms with Gasteiger partial charge in [-0.05, 0) is 37.1 Å². The van der Waals surface area contributed by atoms with Crippen LogP contribution < -0.4 is 4.74 Å². The summed E-state index contributed by atoms with van der Waals surface area (Å²) in [5, 5.41) is 11.6. The lowest BCUT2D eigenvalue weighted by atomic mass is 10.2. The minimum absolute atomic E-state index is 0.229.